The van der Waals surface area contributed by atoms with Crippen molar-refractivity contribution in [1.29, 1.82) is 0 Å². The number of halogens is 1. The lowest BCUT2D eigenvalue weighted by molar-refractivity contribution is -0.167. The summed E-state index contributed by atoms with van der Waals surface area (Å²) in [6.07, 6.45) is 5.79. The molecule has 256 valence electrons. The average molecular weight is 676 g/mol. The Hall–Kier alpha value is -3.92. The number of nitrogens with zero attached hydrogens (tertiary/aromatic N) is 2. The van der Waals surface area contributed by atoms with Crippen LogP contribution in [0.2, 0.25) is 0 Å². The first-order valence-electron chi connectivity index (χ1n) is 16.8. The SMILES string of the molecule is COc1cc(C(=O)O)ccc1Cc1ccc(CN2CCC3(CC2)C(=O)N[C@H]([C@H](O)C2CCCCC2)C(=O)N3Cc2ccccc2)cc1.Cl. The summed E-state index contributed by atoms with van der Waals surface area (Å²) in [5.74, 6) is -0.732. The molecule has 10 heteroatoms. The highest BCUT2D eigenvalue weighted by Crippen LogP contribution is 2.37. The number of likely N-dealkylation sites (tertiary alicyclic amines) is 1. The summed E-state index contributed by atoms with van der Waals surface area (Å²) in [5, 5.41) is 23.6. The summed E-state index contributed by atoms with van der Waals surface area (Å²) in [7, 11) is 1.54. The first-order chi connectivity index (χ1) is 22.8. The number of aliphatic hydroxyl groups is 1. The van der Waals surface area contributed by atoms with E-state index in [0.29, 0.717) is 44.6 Å². The number of amides is 2. The van der Waals surface area contributed by atoms with Crippen LogP contribution in [0.3, 0.4) is 0 Å². The van der Waals surface area contributed by atoms with E-state index in [-0.39, 0.29) is 35.7 Å². The smallest absolute Gasteiger partial charge is 0.335 e. The summed E-state index contributed by atoms with van der Waals surface area (Å²) in [4.78, 5) is 43.6. The molecule has 2 heterocycles. The van der Waals surface area contributed by atoms with Crippen LogP contribution in [0.5, 0.6) is 5.75 Å². The van der Waals surface area contributed by atoms with Crippen LogP contribution in [0, 0.1) is 5.92 Å². The molecule has 6 rings (SSSR count). The Bertz CT molecular complexity index is 1570. The van der Waals surface area contributed by atoms with Gasteiger partial charge in [-0.1, -0.05) is 79.9 Å². The highest BCUT2D eigenvalue weighted by molar-refractivity contribution is 6.00. The van der Waals surface area contributed by atoms with Crippen LogP contribution < -0.4 is 10.1 Å². The average Bonchev–Trinajstić information content (AvgIpc) is 3.10. The predicted octanol–water partition coefficient (Wildman–Crippen LogP) is 5.21. The third-order valence-electron chi connectivity index (χ3n) is 10.5. The number of carboxylic acid groups (broad SMARTS) is 1. The van der Waals surface area contributed by atoms with Gasteiger partial charge in [0.05, 0.1) is 18.8 Å². The summed E-state index contributed by atoms with van der Waals surface area (Å²) < 4.78 is 5.44. The van der Waals surface area contributed by atoms with Crippen molar-refractivity contribution in [3.05, 3.63) is 101 Å². The van der Waals surface area contributed by atoms with Crippen molar-refractivity contribution in [3.63, 3.8) is 0 Å². The van der Waals surface area contributed by atoms with E-state index >= 15 is 0 Å². The number of carboxylic acids is 1. The number of ether oxygens (including phenoxy) is 1. The quantitative estimate of drug-likeness (QED) is 0.270. The molecule has 3 fully saturated rings. The number of benzene rings is 3. The molecular weight excluding hydrogens is 630 g/mol. The molecule has 2 saturated heterocycles. The minimum atomic E-state index is -0.986. The van der Waals surface area contributed by atoms with Gasteiger partial charge in [0.25, 0.3) is 0 Å². The van der Waals surface area contributed by atoms with Crippen molar-refractivity contribution in [2.75, 3.05) is 20.2 Å². The van der Waals surface area contributed by atoms with Crippen molar-refractivity contribution in [2.45, 2.75) is 82.1 Å². The minimum Gasteiger partial charge on any atom is -0.496 e. The van der Waals surface area contributed by atoms with Crippen LogP contribution in [-0.4, -0.2) is 75.7 Å². The zero-order chi connectivity index (χ0) is 33.0. The van der Waals surface area contributed by atoms with E-state index < -0.39 is 23.7 Å². The van der Waals surface area contributed by atoms with Crippen molar-refractivity contribution >= 4 is 30.2 Å². The van der Waals surface area contributed by atoms with Gasteiger partial charge in [-0.25, -0.2) is 4.79 Å². The van der Waals surface area contributed by atoms with Crippen LogP contribution in [0.1, 0.15) is 77.6 Å². The topological polar surface area (TPSA) is 119 Å². The number of aromatic carboxylic acids is 1. The fourth-order valence-corrected chi connectivity index (χ4v) is 7.66. The number of piperidine rings is 1. The molecule has 2 aliphatic heterocycles. The van der Waals surface area contributed by atoms with Gasteiger partial charge in [-0.3, -0.25) is 14.5 Å². The van der Waals surface area contributed by atoms with E-state index in [1.165, 1.54) is 0 Å². The maximum atomic E-state index is 14.2. The van der Waals surface area contributed by atoms with E-state index in [0.717, 1.165) is 60.9 Å². The second-order valence-electron chi connectivity index (χ2n) is 13.4. The second kappa shape index (κ2) is 15.5. The number of carbonyl (C=O) groups is 3. The second-order valence-corrected chi connectivity index (χ2v) is 13.4. The third-order valence-corrected chi connectivity index (χ3v) is 10.5. The number of methoxy groups -OCH3 is 1. The van der Waals surface area contributed by atoms with E-state index in [2.05, 4.69) is 34.5 Å². The maximum Gasteiger partial charge on any atom is 0.335 e. The summed E-state index contributed by atoms with van der Waals surface area (Å²) in [5.41, 5.74) is 3.37. The van der Waals surface area contributed by atoms with Crippen LogP contribution >= 0.6 is 12.4 Å². The standard InChI is InChI=1S/C38H45N3O6.ClH/c1-47-32-23-31(36(44)45)17-16-30(32)22-26-12-14-28(15-13-26)24-40-20-18-38(19-21-40)37(46)39-33(34(42)29-10-6-3-7-11-29)35(43)41(38)25-27-8-4-2-5-9-27;/h2,4-5,8-9,12-17,23,29,33-34,42H,3,6-7,10-11,18-22,24-25H2,1H3,(H,39,46)(H,44,45);1H/t33-,34-;/m1./s1. The number of aliphatic hydroxyl groups excluding tert-OH is 1. The summed E-state index contributed by atoms with van der Waals surface area (Å²) >= 11 is 0. The Morgan fingerprint density at radius 1 is 0.917 bits per heavy atom. The molecule has 3 aromatic rings. The highest BCUT2D eigenvalue weighted by atomic mass is 35.5. The molecule has 1 saturated carbocycles. The van der Waals surface area contributed by atoms with Crippen LogP contribution in [0.15, 0.2) is 72.8 Å². The van der Waals surface area contributed by atoms with Gasteiger partial charge in [-0.05, 0) is 66.0 Å². The molecule has 0 aromatic heterocycles. The van der Waals surface area contributed by atoms with Crippen LogP contribution in [-0.2, 0) is 29.1 Å². The van der Waals surface area contributed by atoms with Gasteiger partial charge >= 0.3 is 5.97 Å². The molecule has 2 atom stereocenters. The molecular formula is C38H46ClN3O6. The lowest BCUT2D eigenvalue weighted by atomic mass is 9.77. The molecule has 1 spiro atoms. The Labute approximate surface area is 288 Å². The molecule has 0 bridgehead atoms. The van der Waals surface area contributed by atoms with E-state index in [1.54, 1.807) is 30.2 Å². The monoisotopic (exact) mass is 675 g/mol. The third kappa shape index (κ3) is 7.53. The summed E-state index contributed by atoms with van der Waals surface area (Å²) in [6, 6.07) is 22.2. The molecule has 3 N–H and O–H groups in total. The van der Waals surface area contributed by atoms with Crippen molar-refractivity contribution in [3.8, 4) is 5.75 Å². The van der Waals surface area contributed by atoms with E-state index in [1.807, 2.05) is 30.3 Å². The zero-order valence-electron chi connectivity index (χ0n) is 27.5. The number of hydrogen-bond acceptors (Lipinski definition) is 6. The van der Waals surface area contributed by atoms with Gasteiger partial charge in [0.2, 0.25) is 11.8 Å². The number of carbonyl (C=O) groups excluding carboxylic acids is 2. The van der Waals surface area contributed by atoms with Crippen LogP contribution in [0.25, 0.3) is 0 Å². The lowest BCUT2D eigenvalue weighted by Crippen LogP contribution is -2.74. The highest BCUT2D eigenvalue weighted by Gasteiger charge is 2.55. The van der Waals surface area contributed by atoms with Crippen molar-refractivity contribution < 1.29 is 29.3 Å². The first kappa shape index (κ1) is 35.4. The molecule has 2 amide bonds. The van der Waals surface area contributed by atoms with Gasteiger partial charge in [0, 0.05) is 32.6 Å². The summed E-state index contributed by atoms with van der Waals surface area (Å²) in [6.45, 7) is 2.39. The molecule has 3 aliphatic rings. The first-order valence-corrected chi connectivity index (χ1v) is 16.8. The number of nitrogens with one attached hydrogen (secondary N) is 1. The predicted molar refractivity (Wildman–Crippen MR) is 185 cm³/mol. The Morgan fingerprint density at radius 2 is 1.56 bits per heavy atom. The normalized spacial score (nSPS) is 20.5. The molecule has 9 nitrogen and oxygen atoms in total. The lowest BCUT2D eigenvalue weighted by Gasteiger charge is -2.52. The maximum absolute atomic E-state index is 14.2. The van der Waals surface area contributed by atoms with Crippen molar-refractivity contribution in [2.24, 2.45) is 5.92 Å². The molecule has 1 aliphatic carbocycles. The Balaban J connectivity index is 0.00000451. The fraction of sp³-hybridized carbons (Fsp3) is 0.447. The zero-order valence-corrected chi connectivity index (χ0v) is 28.3. The minimum absolute atomic E-state index is 0. The largest absolute Gasteiger partial charge is 0.496 e. The Morgan fingerprint density at radius 3 is 2.21 bits per heavy atom. The van der Waals surface area contributed by atoms with E-state index in [4.69, 9.17) is 4.74 Å². The number of hydrogen-bond donors (Lipinski definition) is 3. The molecule has 3 aromatic carbocycles. The molecule has 0 radical (unpaired) electrons. The number of rotatable bonds is 10. The molecule has 0 unspecified atom stereocenters. The van der Waals surface area contributed by atoms with E-state index in [9.17, 15) is 24.6 Å². The van der Waals surface area contributed by atoms with Crippen molar-refractivity contribution in [1.82, 2.24) is 15.1 Å². The Kier molecular flexibility index (Phi) is 11.5. The van der Waals surface area contributed by atoms with Gasteiger partial charge in [-0.2, -0.15) is 0 Å². The fourth-order valence-electron chi connectivity index (χ4n) is 7.66. The molecule has 48 heavy (non-hydrogen) atoms. The van der Waals surface area contributed by atoms with Gasteiger partial charge in [-0.15, -0.1) is 12.4 Å². The van der Waals surface area contributed by atoms with Gasteiger partial charge in [0.1, 0.15) is 17.3 Å². The number of piperazine rings is 1. The van der Waals surface area contributed by atoms with Gasteiger partial charge in [0.15, 0.2) is 0 Å². The van der Waals surface area contributed by atoms with Gasteiger partial charge < -0.3 is 25.2 Å². The van der Waals surface area contributed by atoms with Crippen LogP contribution in [0.4, 0.5) is 0 Å².